The van der Waals surface area contributed by atoms with Crippen molar-refractivity contribution in [3.63, 3.8) is 0 Å². The van der Waals surface area contributed by atoms with E-state index in [1.54, 1.807) is 6.92 Å². The number of nitrogens with two attached hydrogens (primary N) is 1. The van der Waals surface area contributed by atoms with Gasteiger partial charge in [-0.05, 0) is 24.6 Å². The molecule has 0 amide bonds. The summed E-state index contributed by atoms with van der Waals surface area (Å²) in [6.07, 6.45) is 0. The molecule has 1 aromatic carbocycles. The lowest BCUT2D eigenvalue weighted by Gasteiger charge is -2.10. The van der Waals surface area contributed by atoms with E-state index >= 15 is 0 Å². The molecular weight excluding hydrogens is 297 g/mol. The number of carbonyl (C=O) groups excluding carboxylic acids is 1. The summed E-state index contributed by atoms with van der Waals surface area (Å²) in [5, 5.41) is -1.03. The van der Waals surface area contributed by atoms with Gasteiger partial charge in [0, 0.05) is 11.7 Å². The van der Waals surface area contributed by atoms with Gasteiger partial charge in [-0.1, -0.05) is 19.1 Å². The van der Waals surface area contributed by atoms with Crippen LogP contribution in [-0.4, -0.2) is 37.5 Å². The summed E-state index contributed by atoms with van der Waals surface area (Å²) in [5.41, 5.74) is 4.98. The number of hydrogen-bond acceptors (Lipinski definition) is 5. The highest BCUT2D eigenvalue weighted by Gasteiger charge is 2.74. The van der Waals surface area contributed by atoms with Gasteiger partial charge in [-0.2, -0.15) is 0 Å². The minimum absolute atomic E-state index is 0.117. The number of benzene rings is 1. The normalized spacial score (nSPS) is 28.2. The second-order valence-corrected chi connectivity index (χ2v) is 7.47. The first-order valence-electron chi connectivity index (χ1n) is 6.72. The van der Waals surface area contributed by atoms with Gasteiger partial charge in [0.1, 0.15) is 11.4 Å². The number of halogens is 1. The number of ether oxygens (including phenoxy) is 1. The van der Waals surface area contributed by atoms with Crippen molar-refractivity contribution in [3.05, 3.63) is 35.6 Å². The highest BCUT2D eigenvalue weighted by atomic mass is 32.2. The van der Waals surface area contributed by atoms with E-state index in [4.69, 9.17) is 10.5 Å². The Morgan fingerprint density at radius 3 is 2.38 bits per heavy atom. The molecule has 0 aliphatic heterocycles. The second-order valence-electron chi connectivity index (χ2n) is 5.05. The number of sulfone groups is 1. The smallest absolute Gasteiger partial charge is 0.328 e. The van der Waals surface area contributed by atoms with Crippen molar-refractivity contribution in [1.29, 1.82) is 0 Å². The van der Waals surface area contributed by atoms with Crippen LogP contribution >= 0.6 is 0 Å². The molecule has 7 heteroatoms. The van der Waals surface area contributed by atoms with Crippen LogP contribution in [0.1, 0.15) is 25.3 Å². The third-order valence-electron chi connectivity index (χ3n) is 3.83. The van der Waals surface area contributed by atoms with Crippen LogP contribution in [-0.2, 0) is 19.4 Å². The van der Waals surface area contributed by atoms with Crippen LogP contribution in [0.5, 0.6) is 0 Å². The number of hydrogen-bond donors (Lipinski definition) is 1. The van der Waals surface area contributed by atoms with E-state index in [1.807, 2.05) is 0 Å². The summed E-state index contributed by atoms with van der Waals surface area (Å²) in [5.74, 6) is -2.00. The van der Waals surface area contributed by atoms with Gasteiger partial charge in [-0.3, -0.25) is 0 Å². The van der Waals surface area contributed by atoms with Crippen LogP contribution in [0.25, 0.3) is 0 Å². The lowest BCUT2D eigenvalue weighted by molar-refractivity contribution is -0.145. The Morgan fingerprint density at radius 1 is 1.33 bits per heavy atom. The van der Waals surface area contributed by atoms with Gasteiger partial charge in [-0.15, -0.1) is 0 Å². The van der Waals surface area contributed by atoms with Crippen LogP contribution < -0.4 is 5.73 Å². The molecular formula is C14H18FNO4S. The van der Waals surface area contributed by atoms with E-state index in [9.17, 15) is 17.6 Å². The Hall–Kier alpha value is -1.47. The van der Waals surface area contributed by atoms with Gasteiger partial charge in [0.25, 0.3) is 0 Å². The van der Waals surface area contributed by atoms with Crippen molar-refractivity contribution in [2.24, 2.45) is 5.73 Å². The van der Waals surface area contributed by atoms with Crippen LogP contribution in [0.4, 0.5) is 4.39 Å². The average molecular weight is 315 g/mol. The fraction of sp³-hybridized carbons (Fsp3) is 0.500. The molecule has 2 rings (SSSR count). The molecule has 3 atom stereocenters. The molecule has 0 heterocycles. The van der Waals surface area contributed by atoms with Gasteiger partial charge in [0.2, 0.25) is 0 Å². The third kappa shape index (κ3) is 2.55. The fourth-order valence-electron chi connectivity index (χ4n) is 2.68. The van der Waals surface area contributed by atoms with E-state index in [2.05, 4.69) is 0 Å². The molecule has 5 nitrogen and oxygen atoms in total. The monoisotopic (exact) mass is 315 g/mol. The van der Waals surface area contributed by atoms with Gasteiger partial charge in [0.05, 0.1) is 11.9 Å². The largest absolute Gasteiger partial charge is 0.465 e. The molecule has 21 heavy (non-hydrogen) atoms. The predicted octanol–water partition coefficient (Wildman–Crippen LogP) is 0.987. The van der Waals surface area contributed by atoms with Gasteiger partial charge < -0.3 is 10.5 Å². The van der Waals surface area contributed by atoms with Crippen molar-refractivity contribution in [1.82, 2.24) is 0 Å². The average Bonchev–Trinajstić information content (AvgIpc) is 3.09. The van der Waals surface area contributed by atoms with Crippen molar-refractivity contribution in [3.8, 4) is 0 Å². The maximum absolute atomic E-state index is 13.0. The first-order valence-corrected chi connectivity index (χ1v) is 8.43. The maximum atomic E-state index is 13.0. The third-order valence-corrected chi connectivity index (χ3v) is 6.07. The topological polar surface area (TPSA) is 86.5 Å². The summed E-state index contributed by atoms with van der Waals surface area (Å²) in [6.45, 7) is 3.24. The Morgan fingerprint density at radius 2 is 1.90 bits per heavy atom. The van der Waals surface area contributed by atoms with Crippen LogP contribution in [0, 0.1) is 5.82 Å². The number of carbonyl (C=O) groups is 1. The van der Waals surface area contributed by atoms with E-state index in [-0.39, 0.29) is 12.4 Å². The fourth-order valence-corrected chi connectivity index (χ4v) is 4.59. The predicted molar refractivity (Wildman–Crippen MR) is 75.9 cm³/mol. The SMILES string of the molecule is CCOC(=O)[C@]1(N)[C@H](c2ccc(F)cc2)[C@@H]1S(=O)(=O)CC. The molecule has 0 aromatic heterocycles. The molecule has 1 saturated carbocycles. The van der Waals surface area contributed by atoms with E-state index in [1.165, 1.54) is 31.2 Å². The molecule has 2 N–H and O–H groups in total. The van der Waals surface area contributed by atoms with Crippen LogP contribution in [0.15, 0.2) is 24.3 Å². The van der Waals surface area contributed by atoms with Crippen molar-refractivity contribution in [2.75, 3.05) is 12.4 Å². The molecule has 0 spiro atoms. The molecule has 1 aliphatic carbocycles. The first-order chi connectivity index (χ1) is 9.79. The molecule has 0 saturated heterocycles. The molecule has 0 bridgehead atoms. The summed E-state index contributed by atoms with van der Waals surface area (Å²) in [4.78, 5) is 12.1. The van der Waals surface area contributed by atoms with Gasteiger partial charge >= 0.3 is 5.97 Å². The maximum Gasteiger partial charge on any atom is 0.328 e. The Kier molecular flexibility index (Phi) is 4.08. The molecule has 1 fully saturated rings. The van der Waals surface area contributed by atoms with E-state index < -0.39 is 38.3 Å². The van der Waals surface area contributed by atoms with Gasteiger partial charge in [-0.25, -0.2) is 17.6 Å². The quantitative estimate of drug-likeness (QED) is 0.819. The van der Waals surface area contributed by atoms with Crippen LogP contribution in [0.2, 0.25) is 0 Å². The molecule has 0 radical (unpaired) electrons. The Balaban J connectivity index is 2.42. The van der Waals surface area contributed by atoms with Crippen molar-refractivity contribution in [2.45, 2.75) is 30.6 Å². The molecule has 1 aromatic rings. The van der Waals surface area contributed by atoms with E-state index in [0.29, 0.717) is 5.56 Å². The van der Waals surface area contributed by atoms with Gasteiger partial charge in [0.15, 0.2) is 9.84 Å². The Labute approximate surface area is 123 Å². The standard InChI is InChI=1S/C14H18FNO4S/c1-3-20-13(17)14(16)11(12(14)21(18,19)4-2)9-5-7-10(15)8-6-9/h5-8,11-12H,3-4,16H2,1-2H3/t11-,12+,14+/m1/s1. The minimum Gasteiger partial charge on any atom is -0.465 e. The highest BCUT2D eigenvalue weighted by Crippen LogP contribution is 2.55. The Bertz CT molecular complexity index is 643. The zero-order valence-corrected chi connectivity index (χ0v) is 12.7. The highest BCUT2D eigenvalue weighted by molar-refractivity contribution is 7.92. The molecule has 0 unspecified atom stereocenters. The van der Waals surface area contributed by atoms with Crippen molar-refractivity contribution < 1.29 is 22.3 Å². The zero-order chi connectivity index (χ0) is 15.8. The second kappa shape index (κ2) is 5.38. The summed E-state index contributed by atoms with van der Waals surface area (Å²) >= 11 is 0. The lowest BCUT2D eigenvalue weighted by Crippen LogP contribution is -2.41. The lowest BCUT2D eigenvalue weighted by atomic mass is 10.1. The molecule has 116 valence electrons. The first kappa shape index (κ1) is 15.9. The van der Waals surface area contributed by atoms with Crippen LogP contribution in [0.3, 0.4) is 0 Å². The van der Waals surface area contributed by atoms with Crippen molar-refractivity contribution >= 4 is 15.8 Å². The van der Waals surface area contributed by atoms with E-state index in [0.717, 1.165) is 0 Å². The summed E-state index contributed by atoms with van der Waals surface area (Å²) < 4.78 is 42.3. The number of esters is 1. The minimum atomic E-state index is -3.52. The summed E-state index contributed by atoms with van der Waals surface area (Å²) in [6, 6.07) is 5.34. The summed E-state index contributed by atoms with van der Waals surface area (Å²) in [7, 11) is -3.52. The zero-order valence-electron chi connectivity index (χ0n) is 11.9. The number of rotatable bonds is 5. The molecule has 1 aliphatic rings.